The van der Waals surface area contributed by atoms with Gasteiger partial charge in [-0.25, -0.2) is 4.98 Å². The number of aromatic nitrogens is 2. The van der Waals surface area contributed by atoms with Crippen molar-refractivity contribution in [2.75, 3.05) is 0 Å². The summed E-state index contributed by atoms with van der Waals surface area (Å²) in [5, 5.41) is 0.731. The summed E-state index contributed by atoms with van der Waals surface area (Å²) in [6.45, 7) is 9.00. The fourth-order valence-electron chi connectivity index (χ4n) is 2.92. The lowest BCUT2D eigenvalue weighted by Gasteiger charge is -2.17. The SMILES string of the molecule is CCC(C)n1c(COc2cccc(C)c2C)nc2ccc(Cl)cc21. The van der Waals surface area contributed by atoms with E-state index in [-0.39, 0.29) is 0 Å². The maximum Gasteiger partial charge on any atom is 0.148 e. The van der Waals surface area contributed by atoms with Crippen LogP contribution in [-0.2, 0) is 6.61 Å². The minimum Gasteiger partial charge on any atom is -0.485 e. The Hall–Kier alpha value is -2.00. The molecule has 0 bridgehead atoms. The van der Waals surface area contributed by atoms with Crippen LogP contribution < -0.4 is 4.74 Å². The van der Waals surface area contributed by atoms with Gasteiger partial charge < -0.3 is 9.30 Å². The van der Waals surface area contributed by atoms with Gasteiger partial charge in [0.25, 0.3) is 0 Å². The van der Waals surface area contributed by atoms with Crippen molar-refractivity contribution in [2.24, 2.45) is 0 Å². The molecule has 0 spiro atoms. The summed E-state index contributed by atoms with van der Waals surface area (Å²) in [7, 11) is 0. The Morgan fingerprint density at radius 2 is 2.00 bits per heavy atom. The molecule has 0 saturated carbocycles. The maximum absolute atomic E-state index is 6.19. The third-order valence-electron chi connectivity index (χ3n) is 4.67. The molecule has 24 heavy (non-hydrogen) atoms. The zero-order chi connectivity index (χ0) is 17.3. The Morgan fingerprint density at radius 1 is 1.21 bits per heavy atom. The number of rotatable bonds is 5. The number of hydrogen-bond acceptors (Lipinski definition) is 2. The minimum atomic E-state index is 0.339. The van der Waals surface area contributed by atoms with Gasteiger partial charge in [-0.1, -0.05) is 30.7 Å². The first-order valence-corrected chi connectivity index (χ1v) is 8.74. The highest BCUT2D eigenvalue weighted by Crippen LogP contribution is 2.27. The van der Waals surface area contributed by atoms with E-state index in [2.05, 4.69) is 38.3 Å². The lowest BCUT2D eigenvalue weighted by Crippen LogP contribution is -2.11. The van der Waals surface area contributed by atoms with Crippen LogP contribution in [0.15, 0.2) is 36.4 Å². The van der Waals surface area contributed by atoms with Gasteiger partial charge in [-0.15, -0.1) is 0 Å². The fourth-order valence-corrected chi connectivity index (χ4v) is 3.08. The topological polar surface area (TPSA) is 27.1 Å². The number of halogens is 1. The summed E-state index contributed by atoms with van der Waals surface area (Å²) in [5.41, 5.74) is 4.43. The van der Waals surface area contributed by atoms with Crippen LogP contribution in [0.5, 0.6) is 5.75 Å². The van der Waals surface area contributed by atoms with Crippen LogP contribution in [0.1, 0.15) is 43.3 Å². The zero-order valence-electron chi connectivity index (χ0n) is 14.6. The van der Waals surface area contributed by atoms with Crippen LogP contribution in [0.2, 0.25) is 5.02 Å². The van der Waals surface area contributed by atoms with Gasteiger partial charge in [0.2, 0.25) is 0 Å². The molecule has 0 aliphatic rings. The van der Waals surface area contributed by atoms with Gasteiger partial charge in [-0.2, -0.15) is 0 Å². The molecule has 4 heteroatoms. The van der Waals surface area contributed by atoms with E-state index in [1.54, 1.807) is 0 Å². The number of nitrogens with zero attached hydrogens (tertiary/aromatic N) is 2. The second kappa shape index (κ2) is 6.86. The number of fused-ring (bicyclic) bond motifs is 1. The molecule has 0 aliphatic heterocycles. The molecular formula is C20H23ClN2O. The third-order valence-corrected chi connectivity index (χ3v) is 4.90. The van der Waals surface area contributed by atoms with Crippen molar-refractivity contribution in [1.29, 1.82) is 0 Å². The van der Waals surface area contributed by atoms with Crippen LogP contribution in [0.4, 0.5) is 0 Å². The maximum atomic E-state index is 6.19. The molecule has 126 valence electrons. The van der Waals surface area contributed by atoms with Crippen molar-refractivity contribution < 1.29 is 4.74 Å². The van der Waals surface area contributed by atoms with E-state index < -0.39 is 0 Å². The molecule has 1 atom stereocenters. The van der Waals surface area contributed by atoms with Gasteiger partial charge in [-0.3, -0.25) is 0 Å². The van der Waals surface area contributed by atoms with Crippen molar-refractivity contribution in [3.63, 3.8) is 0 Å². The summed E-state index contributed by atoms with van der Waals surface area (Å²) in [6, 6.07) is 12.3. The van der Waals surface area contributed by atoms with Crippen molar-refractivity contribution in [3.8, 4) is 5.75 Å². The molecule has 0 N–H and O–H groups in total. The number of benzene rings is 2. The average molecular weight is 343 g/mol. The monoisotopic (exact) mass is 342 g/mol. The summed E-state index contributed by atoms with van der Waals surface area (Å²) in [5.74, 6) is 1.85. The minimum absolute atomic E-state index is 0.339. The highest BCUT2D eigenvalue weighted by Gasteiger charge is 2.16. The molecule has 3 nitrogen and oxygen atoms in total. The normalized spacial score (nSPS) is 12.5. The largest absolute Gasteiger partial charge is 0.485 e. The molecule has 1 aromatic heterocycles. The summed E-state index contributed by atoms with van der Waals surface area (Å²) < 4.78 is 8.32. The smallest absolute Gasteiger partial charge is 0.148 e. The van der Waals surface area contributed by atoms with Gasteiger partial charge >= 0.3 is 0 Å². The van der Waals surface area contributed by atoms with Crippen LogP contribution in [0.3, 0.4) is 0 Å². The van der Waals surface area contributed by atoms with Crippen LogP contribution >= 0.6 is 11.6 Å². The van der Waals surface area contributed by atoms with E-state index in [0.717, 1.165) is 34.1 Å². The molecule has 3 aromatic rings. The molecule has 0 fully saturated rings. The van der Waals surface area contributed by atoms with Crippen molar-refractivity contribution in [3.05, 3.63) is 58.4 Å². The van der Waals surface area contributed by atoms with Crippen molar-refractivity contribution >= 4 is 22.6 Å². The van der Waals surface area contributed by atoms with Gasteiger partial charge in [-0.05, 0) is 62.6 Å². The molecule has 3 rings (SSSR count). The lowest BCUT2D eigenvalue weighted by atomic mass is 10.1. The molecule has 1 unspecified atom stereocenters. The third kappa shape index (κ3) is 3.13. The molecule has 2 aromatic carbocycles. The standard InChI is InChI=1S/C20H23ClN2O/c1-5-14(3)23-18-11-16(21)9-10-17(18)22-20(23)12-24-19-8-6-7-13(2)15(19)4/h6-11,14H,5,12H2,1-4H3. The highest BCUT2D eigenvalue weighted by molar-refractivity contribution is 6.31. The number of aryl methyl sites for hydroxylation is 1. The van der Waals surface area contributed by atoms with Crippen LogP contribution in [0.25, 0.3) is 11.0 Å². The van der Waals surface area contributed by atoms with Crippen molar-refractivity contribution in [2.45, 2.75) is 46.8 Å². The van der Waals surface area contributed by atoms with E-state index >= 15 is 0 Å². The average Bonchev–Trinajstić information content (AvgIpc) is 2.93. The second-order valence-corrected chi connectivity index (χ2v) is 6.71. The van der Waals surface area contributed by atoms with Crippen molar-refractivity contribution in [1.82, 2.24) is 9.55 Å². The summed E-state index contributed by atoms with van der Waals surface area (Å²) in [6.07, 6.45) is 1.02. The predicted octanol–water partition coefficient (Wildman–Crippen LogP) is 5.86. The van der Waals surface area contributed by atoms with Crippen LogP contribution in [-0.4, -0.2) is 9.55 Å². The quantitative estimate of drug-likeness (QED) is 0.581. The first-order chi connectivity index (χ1) is 11.5. The van der Waals surface area contributed by atoms with E-state index in [0.29, 0.717) is 12.6 Å². The molecule has 0 radical (unpaired) electrons. The summed E-state index contributed by atoms with van der Waals surface area (Å²) in [4.78, 5) is 4.77. The van der Waals surface area contributed by atoms with E-state index in [1.807, 2.05) is 30.3 Å². The predicted molar refractivity (Wildman–Crippen MR) is 100.0 cm³/mol. The van der Waals surface area contributed by atoms with Gasteiger partial charge in [0.15, 0.2) is 0 Å². The molecular weight excluding hydrogens is 320 g/mol. The van der Waals surface area contributed by atoms with Gasteiger partial charge in [0.1, 0.15) is 18.2 Å². The first kappa shape index (κ1) is 16.8. The fraction of sp³-hybridized carbons (Fsp3) is 0.350. The Labute approximate surface area is 148 Å². The Kier molecular flexibility index (Phi) is 4.81. The number of hydrogen-bond donors (Lipinski definition) is 0. The Balaban J connectivity index is 1.98. The molecule has 0 aliphatic carbocycles. The van der Waals surface area contributed by atoms with Gasteiger partial charge in [0.05, 0.1) is 11.0 Å². The van der Waals surface area contributed by atoms with Crippen LogP contribution in [0, 0.1) is 13.8 Å². The zero-order valence-corrected chi connectivity index (χ0v) is 15.4. The second-order valence-electron chi connectivity index (χ2n) is 6.28. The molecule has 1 heterocycles. The lowest BCUT2D eigenvalue weighted by molar-refractivity contribution is 0.283. The highest BCUT2D eigenvalue weighted by atomic mass is 35.5. The Bertz CT molecular complexity index is 869. The Morgan fingerprint density at radius 3 is 2.75 bits per heavy atom. The van der Waals surface area contributed by atoms with Gasteiger partial charge in [0, 0.05) is 11.1 Å². The van der Waals surface area contributed by atoms with E-state index in [4.69, 9.17) is 21.3 Å². The van der Waals surface area contributed by atoms with E-state index in [9.17, 15) is 0 Å². The molecule has 0 amide bonds. The van der Waals surface area contributed by atoms with E-state index in [1.165, 1.54) is 11.1 Å². The molecule has 0 saturated heterocycles. The number of imidazole rings is 1. The first-order valence-electron chi connectivity index (χ1n) is 8.36. The summed E-state index contributed by atoms with van der Waals surface area (Å²) >= 11 is 6.19. The number of ether oxygens (including phenoxy) is 1.